The first kappa shape index (κ1) is 18.0. The number of hydrogen-bond acceptors (Lipinski definition) is 4. The summed E-state index contributed by atoms with van der Waals surface area (Å²) < 4.78 is 22.8. The Morgan fingerprint density at radius 1 is 0.917 bits per heavy atom. The average molecular weight is 346 g/mol. The van der Waals surface area contributed by atoms with Gasteiger partial charge in [0.05, 0.1) is 0 Å². The van der Waals surface area contributed by atoms with Crippen LogP contribution in [0.5, 0.6) is 0 Å². The molecule has 0 heterocycles. The van der Waals surface area contributed by atoms with Crippen molar-refractivity contribution in [2.75, 3.05) is 16.9 Å². The molecule has 2 aromatic rings. The number of carbonyl (C=O) groups excluding carboxylic acids is 1. The van der Waals surface area contributed by atoms with Crippen LogP contribution in [0.25, 0.3) is 0 Å². The fourth-order valence-electron chi connectivity index (χ4n) is 2.16. The molecule has 0 saturated carbocycles. The van der Waals surface area contributed by atoms with Crippen LogP contribution >= 0.6 is 0 Å². The van der Waals surface area contributed by atoms with Gasteiger partial charge in [-0.05, 0) is 43.7 Å². The minimum atomic E-state index is -3.40. The van der Waals surface area contributed by atoms with Gasteiger partial charge in [0.1, 0.15) is 5.25 Å². The van der Waals surface area contributed by atoms with E-state index in [9.17, 15) is 13.2 Å². The SMILES string of the molecule is C[C@@H](Nc1ccc(NC(=O)[C@H](C)S(C)(=O)=O)cc1)c1ccccc1. The highest BCUT2D eigenvalue weighted by molar-refractivity contribution is 7.92. The van der Waals surface area contributed by atoms with Crippen molar-refractivity contribution in [1.29, 1.82) is 0 Å². The van der Waals surface area contributed by atoms with Crippen LogP contribution in [0, 0.1) is 0 Å². The molecule has 0 fully saturated rings. The number of benzene rings is 2. The lowest BCUT2D eigenvalue weighted by Crippen LogP contribution is -2.31. The third-order valence-electron chi connectivity index (χ3n) is 3.85. The van der Waals surface area contributed by atoms with E-state index < -0.39 is 21.0 Å². The fourth-order valence-corrected chi connectivity index (χ4v) is 2.61. The summed E-state index contributed by atoms with van der Waals surface area (Å²) >= 11 is 0. The number of anilines is 2. The fraction of sp³-hybridized carbons (Fsp3) is 0.278. The largest absolute Gasteiger partial charge is 0.379 e. The number of hydrogen-bond donors (Lipinski definition) is 2. The van der Waals surface area contributed by atoms with Crippen LogP contribution < -0.4 is 10.6 Å². The van der Waals surface area contributed by atoms with Crippen LogP contribution in [0.15, 0.2) is 54.6 Å². The van der Waals surface area contributed by atoms with Gasteiger partial charge in [-0.15, -0.1) is 0 Å². The lowest BCUT2D eigenvalue weighted by Gasteiger charge is -2.16. The quantitative estimate of drug-likeness (QED) is 0.842. The first-order valence-corrected chi connectivity index (χ1v) is 9.64. The molecule has 0 bridgehead atoms. The molecule has 2 aromatic carbocycles. The summed E-state index contributed by atoms with van der Waals surface area (Å²) in [7, 11) is -3.40. The van der Waals surface area contributed by atoms with Crippen molar-refractivity contribution in [3.63, 3.8) is 0 Å². The van der Waals surface area contributed by atoms with E-state index in [-0.39, 0.29) is 6.04 Å². The van der Waals surface area contributed by atoms with Crippen LogP contribution in [0.2, 0.25) is 0 Å². The van der Waals surface area contributed by atoms with E-state index in [2.05, 4.69) is 29.7 Å². The van der Waals surface area contributed by atoms with Crippen LogP contribution in [-0.2, 0) is 14.6 Å². The maximum Gasteiger partial charge on any atom is 0.242 e. The highest BCUT2D eigenvalue weighted by Gasteiger charge is 2.23. The number of sulfone groups is 1. The normalized spacial score (nSPS) is 13.8. The topological polar surface area (TPSA) is 75.3 Å². The second kappa shape index (κ2) is 7.49. The van der Waals surface area contributed by atoms with Gasteiger partial charge >= 0.3 is 0 Å². The molecule has 0 aliphatic rings. The Morgan fingerprint density at radius 3 is 2.00 bits per heavy atom. The van der Waals surface area contributed by atoms with Gasteiger partial charge < -0.3 is 10.6 Å². The maximum atomic E-state index is 11.9. The Hall–Kier alpha value is -2.34. The van der Waals surface area contributed by atoms with Gasteiger partial charge in [-0.2, -0.15) is 0 Å². The number of amides is 1. The van der Waals surface area contributed by atoms with Gasteiger partial charge in [-0.3, -0.25) is 4.79 Å². The first-order valence-electron chi connectivity index (χ1n) is 7.68. The van der Waals surface area contributed by atoms with E-state index in [1.807, 2.05) is 30.3 Å². The number of carbonyl (C=O) groups is 1. The standard InChI is InChI=1S/C18H22N2O3S/c1-13(15-7-5-4-6-8-15)19-16-9-11-17(12-10-16)20-18(21)14(2)24(3,22)23/h4-14,19H,1-3H3,(H,20,21)/t13-,14+/m1/s1. The highest BCUT2D eigenvalue weighted by atomic mass is 32.2. The van der Waals surface area contributed by atoms with E-state index in [4.69, 9.17) is 0 Å². The average Bonchev–Trinajstić information content (AvgIpc) is 2.55. The van der Waals surface area contributed by atoms with E-state index in [1.54, 1.807) is 12.1 Å². The summed E-state index contributed by atoms with van der Waals surface area (Å²) in [6.45, 7) is 3.45. The summed E-state index contributed by atoms with van der Waals surface area (Å²) in [6, 6.07) is 17.4. The summed E-state index contributed by atoms with van der Waals surface area (Å²) in [4.78, 5) is 11.9. The molecule has 0 aromatic heterocycles. The van der Waals surface area contributed by atoms with Crippen molar-refractivity contribution in [2.24, 2.45) is 0 Å². The lowest BCUT2D eigenvalue weighted by molar-refractivity contribution is -0.115. The molecule has 2 N–H and O–H groups in total. The van der Waals surface area contributed by atoms with Crippen molar-refractivity contribution < 1.29 is 13.2 Å². The van der Waals surface area contributed by atoms with Gasteiger partial charge in [0.15, 0.2) is 9.84 Å². The zero-order chi connectivity index (χ0) is 17.7. The molecule has 0 radical (unpaired) electrons. The second-order valence-corrected chi connectivity index (χ2v) is 8.18. The predicted octanol–water partition coefficient (Wildman–Crippen LogP) is 3.23. The highest BCUT2D eigenvalue weighted by Crippen LogP contribution is 2.20. The maximum absolute atomic E-state index is 11.9. The Balaban J connectivity index is 1.99. The Kier molecular flexibility index (Phi) is 5.62. The summed E-state index contributed by atoms with van der Waals surface area (Å²) in [5.74, 6) is -0.532. The number of nitrogens with one attached hydrogen (secondary N) is 2. The second-order valence-electron chi connectivity index (χ2n) is 5.82. The van der Waals surface area contributed by atoms with E-state index in [1.165, 1.54) is 12.5 Å². The first-order chi connectivity index (χ1) is 11.3. The van der Waals surface area contributed by atoms with Gasteiger partial charge in [0, 0.05) is 23.7 Å². The van der Waals surface area contributed by atoms with E-state index in [0.29, 0.717) is 5.69 Å². The predicted molar refractivity (Wildman–Crippen MR) is 97.9 cm³/mol. The molecule has 2 atom stereocenters. The molecule has 0 spiro atoms. The molecule has 0 saturated heterocycles. The molecular weight excluding hydrogens is 324 g/mol. The summed E-state index contributed by atoms with van der Waals surface area (Å²) in [6.07, 6.45) is 1.05. The molecule has 6 heteroatoms. The third kappa shape index (κ3) is 4.83. The van der Waals surface area contributed by atoms with Crippen LogP contribution in [-0.4, -0.2) is 25.8 Å². The summed E-state index contributed by atoms with van der Waals surface area (Å²) in [5, 5.41) is 4.92. The minimum Gasteiger partial charge on any atom is -0.379 e. The van der Waals surface area contributed by atoms with Crippen molar-refractivity contribution in [2.45, 2.75) is 25.1 Å². The van der Waals surface area contributed by atoms with Crippen LogP contribution in [0.1, 0.15) is 25.5 Å². The Labute approximate surface area is 143 Å². The van der Waals surface area contributed by atoms with Crippen LogP contribution in [0.3, 0.4) is 0 Å². The van der Waals surface area contributed by atoms with Gasteiger partial charge in [-0.25, -0.2) is 8.42 Å². The zero-order valence-corrected chi connectivity index (χ0v) is 14.8. The molecule has 1 amide bonds. The number of rotatable bonds is 6. The van der Waals surface area contributed by atoms with Crippen molar-refractivity contribution in [1.82, 2.24) is 0 Å². The monoisotopic (exact) mass is 346 g/mol. The minimum absolute atomic E-state index is 0.150. The molecule has 0 aliphatic heterocycles. The van der Waals surface area contributed by atoms with Gasteiger partial charge in [0.25, 0.3) is 0 Å². The molecular formula is C18H22N2O3S. The van der Waals surface area contributed by atoms with E-state index in [0.717, 1.165) is 11.9 Å². The smallest absolute Gasteiger partial charge is 0.242 e. The molecule has 0 aliphatic carbocycles. The zero-order valence-electron chi connectivity index (χ0n) is 14.0. The molecule has 0 unspecified atom stereocenters. The lowest BCUT2D eigenvalue weighted by atomic mass is 10.1. The third-order valence-corrected chi connectivity index (χ3v) is 5.35. The summed E-state index contributed by atoms with van der Waals surface area (Å²) in [5.41, 5.74) is 2.66. The van der Waals surface area contributed by atoms with Crippen molar-refractivity contribution in [3.05, 3.63) is 60.2 Å². The van der Waals surface area contributed by atoms with Gasteiger partial charge in [-0.1, -0.05) is 30.3 Å². The van der Waals surface area contributed by atoms with Crippen LogP contribution in [0.4, 0.5) is 11.4 Å². The van der Waals surface area contributed by atoms with E-state index >= 15 is 0 Å². The molecule has 5 nitrogen and oxygen atoms in total. The van der Waals surface area contributed by atoms with Crippen molar-refractivity contribution in [3.8, 4) is 0 Å². The molecule has 2 rings (SSSR count). The Bertz CT molecular complexity index is 787. The molecule has 24 heavy (non-hydrogen) atoms. The molecule has 128 valence electrons. The van der Waals surface area contributed by atoms with Gasteiger partial charge in [0.2, 0.25) is 5.91 Å². The van der Waals surface area contributed by atoms with Crippen molar-refractivity contribution >= 4 is 27.1 Å². The Morgan fingerprint density at radius 2 is 1.46 bits per heavy atom.